The molecule has 0 bridgehead atoms. The van der Waals surface area contributed by atoms with Gasteiger partial charge in [0.05, 0.1) is 22.0 Å². The van der Waals surface area contributed by atoms with Gasteiger partial charge in [0.1, 0.15) is 6.54 Å². The van der Waals surface area contributed by atoms with Crippen LogP contribution in [0.15, 0.2) is 64.4 Å². The fourth-order valence-corrected chi connectivity index (χ4v) is 4.23. The summed E-state index contributed by atoms with van der Waals surface area (Å²) in [5.41, 5.74) is 0.870. The van der Waals surface area contributed by atoms with E-state index in [1.165, 1.54) is 48.5 Å². The highest BCUT2D eigenvalue weighted by Gasteiger charge is 2.36. The molecular weight excluding hydrogens is 512 g/mol. The van der Waals surface area contributed by atoms with E-state index in [9.17, 15) is 32.4 Å². The van der Waals surface area contributed by atoms with Crippen molar-refractivity contribution in [2.75, 3.05) is 23.8 Å². The summed E-state index contributed by atoms with van der Waals surface area (Å²) in [7, 11) is -3.90. The third kappa shape index (κ3) is 6.78. The van der Waals surface area contributed by atoms with Crippen molar-refractivity contribution >= 4 is 62.1 Å². The Bertz CT molecular complexity index is 1350. The quantitative estimate of drug-likeness (QED) is 0.336. The second-order valence-electron chi connectivity index (χ2n) is 7.17. The molecule has 4 amide bonds. The SMILES string of the molecule is CCOC(=O)c1ccc(NC(=O)C=C2SC(=O)N(CC(=O)Nc3ccc(S(N)(=O)=O)cc3)C2=O)cc1. The minimum absolute atomic E-state index is 0.148. The molecule has 3 rings (SSSR count). The average Bonchev–Trinajstić information content (AvgIpc) is 3.06. The molecule has 188 valence electrons. The number of rotatable bonds is 8. The van der Waals surface area contributed by atoms with Gasteiger partial charge in [-0.2, -0.15) is 0 Å². The molecule has 4 N–H and O–H groups in total. The summed E-state index contributed by atoms with van der Waals surface area (Å²) in [6.07, 6.45) is 0.939. The number of nitrogens with zero attached hydrogens (tertiary/aromatic N) is 1. The molecule has 2 aromatic carbocycles. The number of amides is 4. The smallest absolute Gasteiger partial charge is 0.338 e. The van der Waals surface area contributed by atoms with Crippen LogP contribution in [0.2, 0.25) is 0 Å². The van der Waals surface area contributed by atoms with Gasteiger partial charge in [-0.05, 0) is 67.2 Å². The number of primary sulfonamides is 1. The summed E-state index contributed by atoms with van der Waals surface area (Å²) in [6.45, 7) is 1.29. The van der Waals surface area contributed by atoms with E-state index in [4.69, 9.17) is 9.88 Å². The van der Waals surface area contributed by atoms with Gasteiger partial charge in [0.15, 0.2) is 0 Å². The highest BCUT2D eigenvalue weighted by molar-refractivity contribution is 8.18. The number of hydrogen-bond acceptors (Lipinski definition) is 9. The van der Waals surface area contributed by atoms with E-state index in [1.807, 2.05) is 0 Å². The first kappa shape index (κ1) is 26.6. The second kappa shape index (κ2) is 11.2. The van der Waals surface area contributed by atoms with Gasteiger partial charge in [0.25, 0.3) is 11.1 Å². The highest BCUT2D eigenvalue weighted by Crippen LogP contribution is 2.30. The molecule has 0 radical (unpaired) electrons. The molecule has 1 aliphatic rings. The van der Waals surface area contributed by atoms with E-state index in [2.05, 4.69) is 10.6 Å². The molecule has 36 heavy (non-hydrogen) atoms. The Morgan fingerprint density at radius 3 is 2.17 bits per heavy atom. The molecule has 0 saturated carbocycles. The van der Waals surface area contributed by atoms with Gasteiger partial charge in [0.2, 0.25) is 21.8 Å². The fraction of sp³-hybridized carbons (Fsp3) is 0.136. The number of ether oxygens (including phenoxy) is 1. The van der Waals surface area contributed by atoms with E-state index in [0.29, 0.717) is 27.9 Å². The van der Waals surface area contributed by atoms with Gasteiger partial charge in [-0.25, -0.2) is 18.4 Å². The molecule has 1 saturated heterocycles. The predicted molar refractivity (Wildman–Crippen MR) is 130 cm³/mol. The van der Waals surface area contributed by atoms with Gasteiger partial charge in [0, 0.05) is 17.5 Å². The summed E-state index contributed by atoms with van der Waals surface area (Å²) in [5.74, 6) is -2.73. The van der Waals surface area contributed by atoms with Crippen LogP contribution in [0.3, 0.4) is 0 Å². The zero-order valence-electron chi connectivity index (χ0n) is 18.7. The Hall–Kier alpha value is -4.01. The lowest BCUT2D eigenvalue weighted by Crippen LogP contribution is -2.36. The first-order valence-electron chi connectivity index (χ1n) is 10.2. The maximum Gasteiger partial charge on any atom is 0.338 e. The van der Waals surface area contributed by atoms with Crippen LogP contribution in [-0.4, -0.2) is 55.4 Å². The summed E-state index contributed by atoms with van der Waals surface area (Å²) >= 11 is 0.501. The number of anilines is 2. The van der Waals surface area contributed by atoms with Crippen molar-refractivity contribution in [2.45, 2.75) is 11.8 Å². The molecule has 0 spiro atoms. The maximum atomic E-state index is 12.6. The van der Waals surface area contributed by atoms with Crippen LogP contribution in [0.1, 0.15) is 17.3 Å². The van der Waals surface area contributed by atoms with Gasteiger partial charge in [-0.15, -0.1) is 0 Å². The number of sulfonamides is 1. The molecular formula is C22H20N4O8S2. The zero-order valence-corrected chi connectivity index (χ0v) is 20.4. The first-order valence-corrected chi connectivity index (χ1v) is 12.6. The highest BCUT2D eigenvalue weighted by atomic mass is 32.2. The molecule has 0 unspecified atom stereocenters. The summed E-state index contributed by atoms with van der Waals surface area (Å²) < 4.78 is 27.5. The molecule has 1 heterocycles. The minimum Gasteiger partial charge on any atom is -0.462 e. The standard InChI is InChI=1S/C22H20N4O8S2/c1-2-34-21(30)13-3-5-14(6-4-13)24-18(27)11-17-20(29)26(22(31)35-17)12-19(28)25-15-7-9-16(10-8-15)36(23,32)33/h3-11H,2,12H2,1H3,(H,24,27)(H,25,28)(H2,23,32,33). The number of imide groups is 1. The second-order valence-corrected chi connectivity index (χ2v) is 9.73. The van der Waals surface area contributed by atoms with Crippen LogP contribution in [0, 0.1) is 0 Å². The van der Waals surface area contributed by atoms with Crippen molar-refractivity contribution in [1.29, 1.82) is 0 Å². The van der Waals surface area contributed by atoms with E-state index in [1.54, 1.807) is 6.92 Å². The molecule has 1 fully saturated rings. The van der Waals surface area contributed by atoms with Crippen LogP contribution in [0.4, 0.5) is 16.2 Å². The third-order valence-corrected chi connectivity index (χ3v) is 6.40. The van der Waals surface area contributed by atoms with Gasteiger partial charge in [-0.1, -0.05) is 0 Å². The van der Waals surface area contributed by atoms with Crippen molar-refractivity contribution in [3.8, 4) is 0 Å². The van der Waals surface area contributed by atoms with Crippen molar-refractivity contribution < 1.29 is 37.1 Å². The zero-order chi connectivity index (χ0) is 26.5. The Labute approximate surface area is 209 Å². The monoisotopic (exact) mass is 532 g/mol. The van der Waals surface area contributed by atoms with E-state index in [0.717, 1.165) is 6.08 Å². The van der Waals surface area contributed by atoms with Crippen LogP contribution in [-0.2, 0) is 29.1 Å². The molecule has 14 heteroatoms. The molecule has 12 nitrogen and oxygen atoms in total. The fourth-order valence-electron chi connectivity index (χ4n) is 2.91. The normalized spacial score (nSPS) is 14.6. The number of thioether (sulfide) groups is 1. The Kier molecular flexibility index (Phi) is 8.24. The number of carbonyl (C=O) groups excluding carboxylic acids is 5. The summed E-state index contributed by atoms with van der Waals surface area (Å²) in [4.78, 5) is 61.4. The van der Waals surface area contributed by atoms with Crippen LogP contribution >= 0.6 is 11.8 Å². The first-order chi connectivity index (χ1) is 17.0. The average molecular weight is 533 g/mol. The van der Waals surface area contributed by atoms with Crippen molar-refractivity contribution in [3.63, 3.8) is 0 Å². The van der Waals surface area contributed by atoms with Gasteiger partial charge >= 0.3 is 5.97 Å². The van der Waals surface area contributed by atoms with Crippen LogP contribution in [0.25, 0.3) is 0 Å². The number of esters is 1. The van der Waals surface area contributed by atoms with Gasteiger partial charge in [-0.3, -0.25) is 24.1 Å². The number of benzene rings is 2. The van der Waals surface area contributed by atoms with Crippen LogP contribution in [0.5, 0.6) is 0 Å². The number of hydrogen-bond donors (Lipinski definition) is 3. The van der Waals surface area contributed by atoms with E-state index in [-0.39, 0.29) is 22.1 Å². The maximum absolute atomic E-state index is 12.6. The number of carbonyl (C=O) groups is 5. The van der Waals surface area contributed by atoms with E-state index < -0.39 is 45.5 Å². The summed E-state index contributed by atoms with van der Waals surface area (Å²) in [5, 5.41) is 9.22. The Morgan fingerprint density at radius 1 is 1.00 bits per heavy atom. The molecule has 1 aliphatic heterocycles. The van der Waals surface area contributed by atoms with Gasteiger partial charge < -0.3 is 15.4 Å². The van der Waals surface area contributed by atoms with Crippen molar-refractivity contribution in [2.24, 2.45) is 5.14 Å². The lowest BCUT2D eigenvalue weighted by Gasteiger charge is -2.12. The van der Waals surface area contributed by atoms with Crippen LogP contribution < -0.4 is 15.8 Å². The largest absolute Gasteiger partial charge is 0.462 e. The predicted octanol–water partition coefficient (Wildman–Crippen LogP) is 1.67. The van der Waals surface area contributed by atoms with Crippen molar-refractivity contribution in [3.05, 3.63) is 65.1 Å². The molecule has 0 aliphatic carbocycles. The minimum atomic E-state index is -3.90. The Morgan fingerprint density at radius 2 is 1.58 bits per heavy atom. The summed E-state index contributed by atoms with van der Waals surface area (Å²) in [6, 6.07) is 10.9. The molecule has 0 aromatic heterocycles. The number of nitrogens with one attached hydrogen (secondary N) is 2. The number of nitrogens with two attached hydrogens (primary N) is 1. The lowest BCUT2D eigenvalue weighted by atomic mass is 10.2. The molecule has 2 aromatic rings. The Balaban J connectivity index is 1.59. The third-order valence-electron chi connectivity index (χ3n) is 4.57. The van der Waals surface area contributed by atoms with Crippen molar-refractivity contribution in [1.82, 2.24) is 4.90 Å². The topological polar surface area (TPSA) is 182 Å². The lowest BCUT2D eigenvalue weighted by molar-refractivity contribution is -0.127. The molecule has 0 atom stereocenters. The van der Waals surface area contributed by atoms with E-state index >= 15 is 0 Å².